The highest BCUT2D eigenvalue weighted by Crippen LogP contribution is 2.14. The average molecular weight is 278 g/mol. The number of hydrogen-bond donors (Lipinski definition) is 1. The first-order valence-electron chi connectivity index (χ1n) is 7.77. The summed E-state index contributed by atoms with van der Waals surface area (Å²) in [6.45, 7) is 13.5. The third-order valence-electron chi connectivity index (χ3n) is 3.29. The van der Waals surface area contributed by atoms with E-state index in [1.807, 2.05) is 0 Å². The molecule has 1 rings (SSSR count). The Kier molecular flexibility index (Phi) is 8.31. The Morgan fingerprint density at radius 2 is 1.85 bits per heavy atom. The number of hydrogen-bond acceptors (Lipinski definition) is 3. The molecule has 0 aliphatic heterocycles. The Balaban J connectivity index is 2.17. The van der Waals surface area contributed by atoms with E-state index in [2.05, 4.69) is 62.2 Å². The van der Waals surface area contributed by atoms with Gasteiger partial charge in [-0.05, 0) is 52.8 Å². The highest BCUT2D eigenvalue weighted by Gasteiger charge is 2.03. The molecule has 1 aromatic carbocycles. The average Bonchev–Trinajstić information content (AvgIpc) is 2.43. The van der Waals surface area contributed by atoms with Gasteiger partial charge in [0.2, 0.25) is 0 Å². The lowest BCUT2D eigenvalue weighted by Crippen LogP contribution is -2.32. The Bertz CT molecular complexity index is 349. The molecule has 3 nitrogen and oxygen atoms in total. The van der Waals surface area contributed by atoms with Gasteiger partial charge in [0.1, 0.15) is 0 Å². The molecule has 0 atom stereocenters. The second-order valence-electron chi connectivity index (χ2n) is 5.44. The fourth-order valence-corrected chi connectivity index (χ4v) is 2.08. The molecule has 0 amide bonds. The van der Waals surface area contributed by atoms with E-state index in [0.29, 0.717) is 6.10 Å². The van der Waals surface area contributed by atoms with Gasteiger partial charge in [-0.2, -0.15) is 0 Å². The summed E-state index contributed by atoms with van der Waals surface area (Å²) >= 11 is 0. The van der Waals surface area contributed by atoms with Crippen LogP contribution in [0.1, 0.15) is 32.8 Å². The molecule has 0 saturated carbocycles. The molecule has 0 radical (unpaired) electrons. The lowest BCUT2D eigenvalue weighted by Gasteiger charge is -2.23. The zero-order valence-electron chi connectivity index (χ0n) is 13.5. The van der Waals surface area contributed by atoms with Crippen molar-refractivity contribution in [3.05, 3.63) is 29.8 Å². The Labute approximate surface area is 124 Å². The zero-order valence-corrected chi connectivity index (χ0v) is 13.5. The molecule has 1 N–H and O–H groups in total. The SMILES string of the molecule is CCN(CCNCCCOC(C)C)c1ccc(C)cc1. The molecular formula is C17H30N2O. The van der Waals surface area contributed by atoms with Gasteiger partial charge in [0, 0.05) is 31.9 Å². The van der Waals surface area contributed by atoms with Crippen LogP contribution in [0.5, 0.6) is 0 Å². The van der Waals surface area contributed by atoms with Gasteiger partial charge >= 0.3 is 0 Å². The number of likely N-dealkylation sites (N-methyl/N-ethyl adjacent to an activating group) is 1. The number of aryl methyl sites for hydroxylation is 1. The predicted octanol–water partition coefficient (Wildman–Crippen LogP) is 3.23. The van der Waals surface area contributed by atoms with Gasteiger partial charge in [0.05, 0.1) is 6.10 Å². The van der Waals surface area contributed by atoms with Crippen LogP contribution in [0.4, 0.5) is 5.69 Å². The van der Waals surface area contributed by atoms with Crippen LogP contribution in [-0.4, -0.2) is 38.9 Å². The molecule has 0 saturated heterocycles. The minimum atomic E-state index is 0.340. The second kappa shape index (κ2) is 9.78. The zero-order chi connectivity index (χ0) is 14.8. The highest BCUT2D eigenvalue weighted by atomic mass is 16.5. The van der Waals surface area contributed by atoms with E-state index in [4.69, 9.17) is 4.74 Å². The maximum absolute atomic E-state index is 5.52. The summed E-state index contributed by atoms with van der Waals surface area (Å²) in [6, 6.07) is 8.76. The number of nitrogens with one attached hydrogen (secondary N) is 1. The van der Waals surface area contributed by atoms with Crippen LogP contribution >= 0.6 is 0 Å². The first-order valence-corrected chi connectivity index (χ1v) is 7.77. The molecule has 3 heteroatoms. The number of ether oxygens (including phenoxy) is 1. The standard InChI is InChI=1S/C17H30N2O/c1-5-19(17-9-7-16(4)8-10-17)13-12-18-11-6-14-20-15(2)3/h7-10,15,18H,5-6,11-14H2,1-4H3. The number of anilines is 1. The third kappa shape index (κ3) is 6.92. The van der Waals surface area contributed by atoms with E-state index in [0.717, 1.165) is 39.2 Å². The van der Waals surface area contributed by atoms with Crippen molar-refractivity contribution in [2.24, 2.45) is 0 Å². The molecule has 0 aliphatic rings. The number of benzene rings is 1. The topological polar surface area (TPSA) is 24.5 Å². The van der Waals surface area contributed by atoms with Crippen molar-refractivity contribution in [2.75, 3.05) is 37.7 Å². The number of rotatable bonds is 10. The van der Waals surface area contributed by atoms with E-state index < -0.39 is 0 Å². The van der Waals surface area contributed by atoms with Gasteiger partial charge in [-0.1, -0.05) is 17.7 Å². The molecule has 0 heterocycles. The molecule has 0 spiro atoms. The normalized spacial score (nSPS) is 11.1. The monoisotopic (exact) mass is 278 g/mol. The lowest BCUT2D eigenvalue weighted by atomic mass is 10.2. The van der Waals surface area contributed by atoms with E-state index in [9.17, 15) is 0 Å². The van der Waals surface area contributed by atoms with Gasteiger partial charge < -0.3 is 15.0 Å². The van der Waals surface area contributed by atoms with Crippen molar-refractivity contribution >= 4 is 5.69 Å². The van der Waals surface area contributed by atoms with E-state index >= 15 is 0 Å². The summed E-state index contributed by atoms with van der Waals surface area (Å²) in [4.78, 5) is 2.40. The van der Waals surface area contributed by atoms with Crippen LogP contribution in [-0.2, 0) is 4.74 Å². The summed E-state index contributed by atoms with van der Waals surface area (Å²) in [7, 11) is 0. The van der Waals surface area contributed by atoms with Crippen molar-refractivity contribution in [3.8, 4) is 0 Å². The summed E-state index contributed by atoms with van der Waals surface area (Å²) in [5.74, 6) is 0. The van der Waals surface area contributed by atoms with Gasteiger partial charge in [-0.3, -0.25) is 0 Å². The molecule has 0 bridgehead atoms. The molecule has 1 aromatic rings. The lowest BCUT2D eigenvalue weighted by molar-refractivity contribution is 0.0771. The molecule has 0 fully saturated rings. The Morgan fingerprint density at radius 3 is 2.45 bits per heavy atom. The van der Waals surface area contributed by atoms with Crippen molar-refractivity contribution in [1.29, 1.82) is 0 Å². The van der Waals surface area contributed by atoms with Crippen molar-refractivity contribution in [2.45, 2.75) is 40.2 Å². The van der Waals surface area contributed by atoms with Crippen molar-refractivity contribution in [1.82, 2.24) is 5.32 Å². The Hall–Kier alpha value is -1.06. The van der Waals surface area contributed by atoms with E-state index in [1.165, 1.54) is 11.3 Å². The van der Waals surface area contributed by atoms with Crippen LogP contribution in [0, 0.1) is 6.92 Å². The maximum Gasteiger partial charge on any atom is 0.0518 e. The molecular weight excluding hydrogens is 248 g/mol. The minimum Gasteiger partial charge on any atom is -0.379 e. The van der Waals surface area contributed by atoms with Gasteiger partial charge in [0.15, 0.2) is 0 Å². The van der Waals surface area contributed by atoms with Crippen LogP contribution in [0.2, 0.25) is 0 Å². The highest BCUT2D eigenvalue weighted by molar-refractivity contribution is 5.47. The quantitative estimate of drug-likeness (QED) is 0.665. The maximum atomic E-state index is 5.52. The van der Waals surface area contributed by atoms with Gasteiger partial charge in [-0.15, -0.1) is 0 Å². The molecule has 0 aliphatic carbocycles. The fourth-order valence-electron chi connectivity index (χ4n) is 2.08. The van der Waals surface area contributed by atoms with Crippen molar-refractivity contribution in [3.63, 3.8) is 0 Å². The summed E-state index contributed by atoms with van der Waals surface area (Å²) in [5.41, 5.74) is 2.62. The predicted molar refractivity (Wildman–Crippen MR) is 87.6 cm³/mol. The van der Waals surface area contributed by atoms with E-state index in [1.54, 1.807) is 0 Å². The minimum absolute atomic E-state index is 0.340. The van der Waals surface area contributed by atoms with Crippen LogP contribution < -0.4 is 10.2 Å². The molecule has 0 unspecified atom stereocenters. The first kappa shape index (κ1) is 17.0. The van der Waals surface area contributed by atoms with Crippen LogP contribution in [0.25, 0.3) is 0 Å². The van der Waals surface area contributed by atoms with Crippen LogP contribution in [0.3, 0.4) is 0 Å². The van der Waals surface area contributed by atoms with Crippen molar-refractivity contribution < 1.29 is 4.74 Å². The number of nitrogens with zero attached hydrogens (tertiary/aromatic N) is 1. The smallest absolute Gasteiger partial charge is 0.0518 e. The fraction of sp³-hybridized carbons (Fsp3) is 0.647. The molecule has 114 valence electrons. The summed E-state index contributed by atoms with van der Waals surface area (Å²) < 4.78 is 5.52. The summed E-state index contributed by atoms with van der Waals surface area (Å²) in [6.07, 6.45) is 1.42. The largest absolute Gasteiger partial charge is 0.379 e. The third-order valence-corrected chi connectivity index (χ3v) is 3.29. The van der Waals surface area contributed by atoms with E-state index in [-0.39, 0.29) is 0 Å². The summed E-state index contributed by atoms with van der Waals surface area (Å²) in [5, 5.41) is 3.48. The van der Waals surface area contributed by atoms with Crippen LogP contribution in [0.15, 0.2) is 24.3 Å². The first-order chi connectivity index (χ1) is 9.63. The van der Waals surface area contributed by atoms with Gasteiger partial charge in [-0.25, -0.2) is 0 Å². The molecule has 0 aromatic heterocycles. The van der Waals surface area contributed by atoms with Gasteiger partial charge in [0.25, 0.3) is 0 Å². The Morgan fingerprint density at radius 1 is 1.15 bits per heavy atom. The second-order valence-corrected chi connectivity index (χ2v) is 5.44. The molecule has 20 heavy (non-hydrogen) atoms.